The van der Waals surface area contributed by atoms with E-state index in [2.05, 4.69) is 4.98 Å². The number of aromatic nitrogens is 1. The predicted octanol–water partition coefficient (Wildman–Crippen LogP) is 3.93. The van der Waals surface area contributed by atoms with Crippen LogP contribution in [0.4, 0.5) is 0 Å². The van der Waals surface area contributed by atoms with E-state index in [1.54, 1.807) is 28.0 Å². The number of benzene rings is 1. The Balaban J connectivity index is 1.75. The monoisotopic (exact) mass is 390 g/mol. The Morgan fingerprint density at radius 1 is 1.35 bits per heavy atom. The summed E-state index contributed by atoms with van der Waals surface area (Å²) in [6, 6.07) is 7.54. The van der Waals surface area contributed by atoms with E-state index in [4.69, 9.17) is 0 Å². The minimum Gasteiger partial charge on any atom is -0.481 e. The smallest absolute Gasteiger partial charge is 0.308 e. The van der Waals surface area contributed by atoms with Gasteiger partial charge in [-0.25, -0.2) is 4.98 Å². The van der Waals surface area contributed by atoms with Crippen LogP contribution in [0.25, 0.3) is 0 Å². The van der Waals surface area contributed by atoms with Crippen LogP contribution in [0.2, 0.25) is 0 Å². The van der Waals surface area contributed by atoms with Gasteiger partial charge in [-0.15, -0.1) is 23.1 Å². The number of aliphatic carboxylic acids is 1. The number of thioether (sulfide) groups is 1. The molecule has 0 aliphatic carbocycles. The summed E-state index contributed by atoms with van der Waals surface area (Å²) in [5.74, 6) is -0.494. The van der Waals surface area contributed by atoms with Crippen molar-refractivity contribution < 1.29 is 14.7 Å². The molecule has 2 unspecified atom stereocenters. The van der Waals surface area contributed by atoms with Gasteiger partial charge >= 0.3 is 5.97 Å². The van der Waals surface area contributed by atoms with Gasteiger partial charge in [-0.1, -0.05) is 19.1 Å². The third-order valence-corrected chi connectivity index (χ3v) is 6.39. The first-order chi connectivity index (χ1) is 12.4. The molecule has 0 spiro atoms. The summed E-state index contributed by atoms with van der Waals surface area (Å²) in [7, 11) is 0. The zero-order valence-electron chi connectivity index (χ0n) is 14.8. The van der Waals surface area contributed by atoms with E-state index in [-0.39, 0.29) is 18.4 Å². The molecular weight excluding hydrogens is 368 g/mol. The van der Waals surface area contributed by atoms with Crippen LogP contribution in [-0.4, -0.2) is 40.0 Å². The average molecular weight is 391 g/mol. The van der Waals surface area contributed by atoms with Crippen LogP contribution in [0.1, 0.15) is 34.4 Å². The van der Waals surface area contributed by atoms with Gasteiger partial charge in [-0.05, 0) is 31.4 Å². The van der Waals surface area contributed by atoms with E-state index in [0.717, 1.165) is 15.6 Å². The molecule has 1 aliphatic rings. The van der Waals surface area contributed by atoms with Gasteiger partial charge in [-0.2, -0.15) is 0 Å². The molecule has 3 rings (SSSR count). The lowest BCUT2D eigenvalue weighted by atomic mass is 9.90. The number of rotatable bonds is 5. The standard InChI is InChI=1S/C19H22N2O3S2/c1-12-7-14(19(23)24)9-21(8-12)18(22)16-5-3-4-6-17(16)26-11-15-10-25-13(2)20-15/h3-6,10,12,14H,7-9,11H2,1-2H3,(H,23,24). The van der Waals surface area contributed by atoms with Crippen molar-refractivity contribution in [3.63, 3.8) is 0 Å². The summed E-state index contributed by atoms with van der Waals surface area (Å²) in [6.45, 7) is 4.86. The number of piperidine rings is 1. The number of aryl methyl sites for hydroxylation is 1. The van der Waals surface area contributed by atoms with Crippen LogP contribution >= 0.6 is 23.1 Å². The maximum absolute atomic E-state index is 13.1. The number of likely N-dealkylation sites (tertiary alicyclic amines) is 1. The molecule has 138 valence electrons. The van der Waals surface area contributed by atoms with Crippen molar-refractivity contribution in [3.8, 4) is 0 Å². The number of carboxylic acid groups (broad SMARTS) is 1. The van der Waals surface area contributed by atoms with E-state index < -0.39 is 11.9 Å². The fourth-order valence-corrected chi connectivity index (χ4v) is 4.92. The number of hydrogen-bond acceptors (Lipinski definition) is 5. The second kappa shape index (κ2) is 8.22. The van der Waals surface area contributed by atoms with Crippen molar-refractivity contribution in [3.05, 3.63) is 45.9 Å². The van der Waals surface area contributed by atoms with E-state index in [9.17, 15) is 14.7 Å². The van der Waals surface area contributed by atoms with Gasteiger partial charge in [0, 0.05) is 29.1 Å². The zero-order chi connectivity index (χ0) is 18.7. The molecule has 1 aliphatic heterocycles. The molecule has 1 aromatic heterocycles. The summed E-state index contributed by atoms with van der Waals surface area (Å²) >= 11 is 3.21. The van der Waals surface area contributed by atoms with Gasteiger partial charge in [0.2, 0.25) is 0 Å². The Morgan fingerprint density at radius 2 is 2.12 bits per heavy atom. The zero-order valence-corrected chi connectivity index (χ0v) is 16.5. The SMILES string of the molecule is Cc1nc(CSc2ccccc2C(=O)N2CC(C)CC(C(=O)O)C2)cs1. The molecule has 26 heavy (non-hydrogen) atoms. The Bertz CT molecular complexity index is 806. The molecule has 1 amide bonds. The summed E-state index contributed by atoms with van der Waals surface area (Å²) in [5.41, 5.74) is 1.65. The average Bonchev–Trinajstić information content (AvgIpc) is 3.04. The molecule has 0 radical (unpaired) electrons. The first-order valence-corrected chi connectivity index (χ1v) is 10.5. The van der Waals surface area contributed by atoms with Gasteiger partial charge < -0.3 is 10.0 Å². The Hall–Kier alpha value is -1.86. The van der Waals surface area contributed by atoms with Gasteiger partial charge in [0.1, 0.15) is 0 Å². The van der Waals surface area contributed by atoms with Gasteiger partial charge in [0.25, 0.3) is 5.91 Å². The van der Waals surface area contributed by atoms with Crippen LogP contribution in [0.5, 0.6) is 0 Å². The minimum atomic E-state index is -0.823. The normalized spacial score (nSPS) is 20.2. The topological polar surface area (TPSA) is 70.5 Å². The fraction of sp³-hybridized carbons (Fsp3) is 0.421. The molecule has 2 aromatic rings. The van der Waals surface area contributed by atoms with Crippen molar-refractivity contribution in [2.75, 3.05) is 13.1 Å². The lowest BCUT2D eigenvalue weighted by molar-refractivity contribution is -0.143. The Kier molecular flexibility index (Phi) is 5.98. The number of carbonyl (C=O) groups excluding carboxylic acids is 1. The van der Waals surface area contributed by atoms with Crippen molar-refractivity contribution in [1.29, 1.82) is 0 Å². The summed E-state index contributed by atoms with van der Waals surface area (Å²) < 4.78 is 0. The number of nitrogens with zero attached hydrogens (tertiary/aromatic N) is 2. The van der Waals surface area contributed by atoms with Crippen LogP contribution in [0, 0.1) is 18.8 Å². The van der Waals surface area contributed by atoms with Crippen LogP contribution in [0.3, 0.4) is 0 Å². The van der Waals surface area contributed by atoms with Gasteiger partial charge in [0.15, 0.2) is 0 Å². The third-order valence-electron chi connectivity index (χ3n) is 4.46. The molecule has 5 nitrogen and oxygen atoms in total. The summed E-state index contributed by atoms with van der Waals surface area (Å²) in [6.07, 6.45) is 0.624. The van der Waals surface area contributed by atoms with E-state index in [0.29, 0.717) is 24.3 Å². The number of thiazole rings is 1. The second-order valence-electron chi connectivity index (χ2n) is 6.73. The maximum atomic E-state index is 13.1. The highest BCUT2D eigenvalue weighted by Crippen LogP contribution is 2.29. The molecule has 2 heterocycles. The molecule has 0 saturated carbocycles. The second-order valence-corrected chi connectivity index (χ2v) is 8.81. The summed E-state index contributed by atoms with van der Waals surface area (Å²) in [5, 5.41) is 12.4. The Labute approximate surface area is 161 Å². The fourth-order valence-electron chi connectivity index (χ4n) is 3.26. The maximum Gasteiger partial charge on any atom is 0.308 e. The van der Waals surface area contributed by atoms with Crippen molar-refractivity contribution in [2.24, 2.45) is 11.8 Å². The molecule has 1 N–H and O–H groups in total. The molecule has 2 atom stereocenters. The van der Waals surface area contributed by atoms with E-state index >= 15 is 0 Å². The quantitative estimate of drug-likeness (QED) is 0.784. The number of hydrogen-bond donors (Lipinski definition) is 1. The largest absolute Gasteiger partial charge is 0.481 e. The Morgan fingerprint density at radius 3 is 2.81 bits per heavy atom. The highest BCUT2D eigenvalue weighted by atomic mass is 32.2. The molecular formula is C19H22N2O3S2. The first-order valence-electron chi connectivity index (χ1n) is 8.59. The summed E-state index contributed by atoms with van der Waals surface area (Å²) in [4.78, 5) is 31.5. The third kappa shape index (κ3) is 4.45. The molecule has 7 heteroatoms. The van der Waals surface area contributed by atoms with Crippen LogP contribution < -0.4 is 0 Å². The highest BCUT2D eigenvalue weighted by Gasteiger charge is 2.32. The first kappa shape index (κ1) is 18.9. The van der Waals surface area contributed by atoms with Crippen molar-refractivity contribution in [1.82, 2.24) is 9.88 Å². The lowest BCUT2D eigenvalue weighted by Gasteiger charge is -2.35. The highest BCUT2D eigenvalue weighted by molar-refractivity contribution is 7.98. The van der Waals surface area contributed by atoms with Gasteiger partial charge in [-0.3, -0.25) is 9.59 Å². The van der Waals surface area contributed by atoms with Crippen LogP contribution in [0.15, 0.2) is 34.5 Å². The van der Waals surface area contributed by atoms with Crippen molar-refractivity contribution >= 4 is 35.0 Å². The molecule has 0 bridgehead atoms. The predicted molar refractivity (Wildman–Crippen MR) is 104 cm³/mol. The molecule has 1 fully saturated rings. The minimum absolute atomic E-state index is 0.0830. The number of amides is 1. The molecule has 1 saturated heterocycles. The van der Waals surface area contributed by atoms with Gasteiger partial charge in [0.05, 0.1) is 22.2 Å². The van der Waals surface area contributed by atoms with Crippen LogP contribution in [-0.2, 0) is 10.5 Å². The van der Waals surface area contributed by atoms with Crippen molar-refractivity contribution in [2.45, 2.75) is 30.9 Å². The van der Waals surface area contributed by atoms with E-state index in [1.807, 2.05) is 43.5 Å². The van der Waals surface area contributed by atoms with E-state index in [1.165, 1.54) is 0 Å². The molecule has 1 aromatic carbocycles. The lowest BCUT2D eigenvalue weighted by Crippen LogP contribution is -2.45. The number of carboxylic acids is 1. The number of carbonyl (C=O) groups is 2.